The molecule has 0 spiro atoms. The average Bonchev–Trinajstić information content (AvgIpc) is 2.32. The second-order valence-corrected chi connectivity index (χ2v) is 4.17. The number of rotatable bonds is 2. The Morgan fingerprint density at radius 3 is 2.15 bits per heavy atom. The van der Waals surface area contributed by atoms with Crippen molar-refractivity contribution in [2.45, 2.75) is 26.3 Å². The normalized spacial score (nSPS) is 23.5. The van der Waals surface area contributed by atoms with Crippen LogP contribution in [0.4, 0.5) is 0 Å². The van der Waals surface area contributed by atoms with Crippen LogP contribution in [0.5, 0.6) is 0 Å². The number of quaternary nitrogens is 1. The van der Waals surface area contributed by atoms with Crippen molar-refractivity contribution in [2.75, 3.05) is 21.1 Å². The van der Waals surface area contributed by atoms with Gasteiger partial charge in [-0.2, -0.15) is 10.0 Å². The summed E-state index contributed by atoms with van der Waals surface area (Å²) in [5, 5.41) is 5.48. The van der Waals surface area contributed by atoms with Crippen molar-refractivity contribution >= 4 is 11.7 Å². The average molecular weight is 183 g/mol. The quantitative estimate of drug-likeness (QED) is 0.620. The first-order chi connectivity index (χ1) is 5.85. The van der Waals surface area contributed by atoms with E-state index in [0.29, 0.717) is 0 Å². The smallest absolute Gasteiger partial charge is 0.226 e. The van der Waals surface area contributed by atoms with Gasteiger partial charge in [0.25, 0.3) is 0 Å². The fraction of sp³-hybridized carbons (Fsp3) is 0.778. The Morgan fingerprint density at radius 2 is 1.85 bits per heavy atom. The number of likely N-dealkylation sites (N-methyl/N-ethyl adjacent to an activating group) is 1. The number of nitrogens with one attached hydrogen (secondary N) is 1. The van der Waals surface area contributed by atoms with Crippen LogP contribution in [-0.4, -0.2) is 43.3 Å². The van der Waals surface area contributed by atoms with Crippen molar-refractivity contribution in [2.24, 2.45) is 10.1 Å². The maximum absolute atomic E-state index is 4.45. The van der Waals surface area contributed by atoms with E-state index in [1.807, 2.05) is 28.1 Å². The van der Waals surface area contributed by atoms with Crippen LogP contribution in [0.3, 0.4) is 0 Å². The molecule has 1 heterocycles. The van der Waals surface area contributed by atoms with Gasteiger partial charge < -0.3 is 0 Å². The maximum Gasteiger partial charge on any atom is 0.226 e. The van der Waals surface area contributed by atoms with Gasteiger partial charge in [0.2, 0.25) is 11.7 Å². The number of aliphatic imine (C=N–C) groups is 1. The Labute approximate surface area is 79.9 Å². The largest absolute Gasteiger partial charge is 0.297 e. The lowest BCUT2D eigenvalue weighted by Crippen LogP contribution is -3.05. The minimum atomic E-state index is -0.0843. The third-order valence-corrected chi connectivity index (χ3v) is 2.74. The van der Waals surface area contributed by atoms with Crippen molar-refractivity contribution in [3.05, 3.63) is 0 Å². The zero-order valence-corrected chi connectivity index (χ0v) is 9.34. The summed E-state index contributed by atoms with van der Waals surface area (Å²) >= 11 is 0. The predicted octanol–water partition coefficient (Wildman–Crippen LogP) is -0.413. The molecule has 1 aliphatic rings. The molecule has 0 aromatic heterocycles. The highest BCUT2D eigenvalue weighted by molar-refractivity contribution is 6.00. The summed E-state index contributed by atoms with van der Waals surface area (Å²) in [6.45, 7) is 6.25. The third kappa shape index (κ3) is 1.78. The lowest BCUT2D eigenvalue weighted by molar-refractivity contribution is -0.787. The van der Waals surface area contributed by atoms with Gasteiger partial charge in [-0.3, -0.25) is 4.90 Å². The van der Waals surface area contributed by atoms with E-state index in [-0.39, 0.29) is 5.54 Å². The van der Waals surface area contributed by atoms with Crippen LogP contribution in [-0.2, 0) is 0 Å². The van der Waals surface area contributed by atoms with Gasteiger partial charge in [0.05, 0.1) is 12.6 Å². The molecular formula is C9H19N4+. The first-order valence-electron chi connectivity index (χ1n) is 4.51. The molecule has 1 N–H and O–H groups in total. The van der Waals surface area contributed by atoms with Crippen molar-refractivity contribution in [1.29, 1.82) is 0 Å². The fourth-order valence-corrected chi connectivity index (χ4v) is 0.978. The summed E-state index contributed by atoms with van der Waals surface area (Å²) in [5.74, 6) is 1.94. The van der Waals surface area contributed by atoms with Gasteiger partial charge in [-0.1, -0.05) is 5.10 Å². The minimum Gasteiger partial charge on any atom is -0.297 e. The highest BCUT2D eigenvalue weighted by Gasteiger charge is 2.33. The first-order valence-corrected chi connectivity index (χ1v) is 4.51. The molecular weight excluding hydrogens is 164 g/mol. The molecule has 0 aromatic carbocycles. The highest BCUT2D eigenvalue weighted by Crippen LogP contribution is 2.14. The summed E-state index contributed by atoms with van der Waals surface area (Å²) in [6, 6.07) is 0. The maximum atomic E-state index is 4.45. The molecule has 4 heteroatoms. The molecule has 4 nitrogen and oxygen atoms in total. The van der Waals surface area contributed by atoms with Crippen molar-refractivity contribution < 1.29 is 5.01 Å². The van der Waals surface area contributed by atoms with Gasteiger partial charge in [-0.25, -0.2) is 0 Å². The molecule has 1 unspecified atom stereocenters. The van der Waals surface area contributed by atoms with Crippen LogP contribution in [0, 0.1) is 0 Å². The van der Waals surface area contributed by atoms with Crippen LogP contribution >= 0.6 is 0 Å². The van der Waals surface area contributed by atoms with Gasteiger partial charge >= 0.3 is 0 Å². The summed E-state index contributed by atoms with van der Waals surface area (Å²) < 4.78 is 0. The molecule has 0 fully saturated rings. The van der Waals surface area contributed by atoms with E-state index in [1.165, 1.54) is 0 Å². The van der Waals surface area contributed by atoms with Crippen molar-refractivity contribution in [3.63, 3.8) is 0 Å². The molecule has 0 amide bonds. The van der Waals surface area contributed by atoms with E-state index in [1.54, 1.807) is 0 Å². The molecule has 1 rings (SSSR count). The fourth-order valence-electron chi connectivity index (χ4n) is 0.978. The summed E-state index contributed by atoms with van der Waals surface area (Å²) in [6.07, 6.45) is 0. The zero-order valence-electron chi connectivity index (χ0n) is 9.34. The topological polar surface area (TPSA) is 32.4 Å². The van der Waals surface area contributed by atoms with Crippen LogP contribution in [0.15, 0.2) is 10.1 Å². The molecule has 0 aromatic rings. The van der Waals surface area contributed by atoms with E-state index >= 15 is 0 Å². The molecule has 0 saturated heterocycles. The molecule has 74 valence electrons. The summed E-state index contributed by atoms with van der Waals surface area (Å²) in [7, 11) is 6.08. The second kappa shape index (κ2) is 3.20. The lowest BCUT2D eigenvalue weighted by atomic mass is 10.0. The molecule has 0 bridgehead atoms. The standard InChI is InChI=1S/C9H18N4/c1-7-10-8(11-13(7)6)9(2,3)12(4)5/h1-6H3/p+1. The molecule has 0 radical (unpaired) electrons. The Morgan fingerprint density at radius 1 is 1.31 bits per heavy atom. The number of hydrogen-bond donors (Lipinski definition) is 1. The van der Waals surface area contributed by atoms with Gasteiger partial charge in [-0.05, 0) is 27.9 Å². The van der Waals surface area contributed by atoms with Crippen molar-refractivity contribution in [3.8, 4) is 0 Å². The molecule has 1 atom stereocenters. The number of amidine groups is 2. The minimum absolute atomic E-state index is 0.0843. The molecule has 1 aliphatic heterocycles. The molecule has 13 heavy (non-hydrogen) atoms. The van der Waals surface area contributed by atoms with Gasteiger partial charge in [0.1, 0.15) is 0 Å². The second-order valence-electron chi connectivity index (χ2n) is 4.17. The third-order valence-electron chi connectivity index (χ3n) is 2.74. The van der Waals surface area contributed by atoms with E-state index in [4.69, 9.17) is 0 Å². The molecule has 0 saturated carbocycles. The summed E-state index contributed by atoms with van der Waals surface area (Å²) in [4.78, 5) is 6.58. The van der Waals surface area contributed by atoms with E-state index < -0.39 is 0 Å². The first kappa shape index (κ1) is 10.3. The van der Waals surface area contributed by atoms with Crippen LogP contribution in [0.2, 0.25) is 0 Å². The monoisotopic (exact) mass is 183 g/mol. The van der Waals surface area contributed by atoms with E-state index in [9.17, 15) is 0 Å². The number of hydrogen-bond acceptors (Lipinski definition) is 3. The predicted molar refractivity (Wildman–Crippen MR) is 55.2 cm³/mol. The van der Waals surface area contributed by atoms with Crippen LogP contribution in [0.25, 0.3) is 0 Å². The van der Waals surface area contributed by atoms with Crippen molar-refractivity contribution in [1.82, 2.24) is 4.90 Å². The number of nitrogens with zero attached hydrogens (tertiary/aromatic N) is 3. The molecule has 0 aliphatic carbocycles. The Balaban J connectivity index is 2.92. The van der Waals surface area contributed by atoms with Crippen LogP contribution in [0.1, 0.15) is 20.8 Å². The van der Waals surface area contributed by atoms with Crippen LogP contribution < -0.4 is 5.01 Å². The highest BCUT2D eigenvalue weighted by atomic mass is 15.5. The van der Waals surface area contributed by atoms with E-state index in [2.05, 4.69) is 28.8 Å². The Bertz CT molecular complexity index is 263. The van der Waals surface area contributed by atoms with Gasteiger partial charge in [0, 0.05) is 6.92 Å². The SMILES string of the molecule is CC1=NC(C(C)(C)N(C)C)=N[NH+]1C. The van der Waals surface area contributed by atoms with E-state index in [0.717, 1.165) is 16.7 Å². The lowest BCUT2D eigenvalue weighted by Gasteiger charge is -2.29. The van der Waals surface area contributed by atoms with Gasteiger partial charge in [0.15, 0.2) is 0 Å². The Hall–Kier alpha value is -0.740. The Kier molecular flexibility index (Phi) is 2.54. The zero-order chi connectivity index (χ0) is 10.2. The summed E-state index contributed by atoms with van der Waals surface area (Å²) in [5.41, 5.74) is -0.0843. The van der Waals surface area contributed by atoms with Gasteiger partial charge in [-0.15, -0.1) is 0 Å².